The van der Waals surface area contributed by atoms with E-state index in [0.29, 0.717) is 5.56 Å². The van der Waals surface area contributed by atoms with E-state index in [2.05, 4.69) is 24.1 Å². The van der Waals surface area contributed by atoms with E-state index >= 15 is 0 Å². The highest BCUT2D eigenvalue weighted by Crippen LogP contribution is 2.23. The van der Waals surface area contributed by atoms with Gasteiger partial charge in [0.05, 0.1) is 0 Å². The molecular weight excluding hydrogens is 308 g/mol. The van der Waals surface area contributed by atoms with Crippen molar-refractivity contribution in [1.29, 1.82) is 0 Å². The quantitative estimate of drug-likeness (QED) is 0.694. The van der Waals surface area contributed by atoms with Gasteiger partial charge in [-0.15, -0.1) is 0 Å². The second-order valence-electron chi connectivity index (χ2n) is 6.14. The van der Waals surface area contributed by atoms with Gasteiger partial charge in [0.1, 0.15) is 0 Å². The summed E-state index contributed by atoms with van der Waals surface area (Å²) in [6.45, 7) is 7.29. The molecule has 0 aliphatic rings. The van der Waals surface area contributed by atoms with Gasteiger partial charge in [-0.3, -0.25) is 9.69 Å². The summed E-state index contributed by atoms with van der Waals surface area (Å²) in [5, 5.41) is 5.21. The van der Waals surface area contributed by atoms with Gasteiger partial charge in [0.15, 0.2) is 0 Å². The third kappa shape index (κ3) is 4.06. The summed E-state index contributed by atoms with van der Waals surface area (Å²) in [5.41, 5.74) is 2.75. The SMILES string of the molecule is CCN(CC)Cc1ccc(C(=O)Nc2cccc3ccccc23)cc1. The highest BCUT2D eigenvalue weighted by Gasteiger charge is 2.09. The monoisotopic (exact) mass is 332 g/mol. The highest BCUT2D eigenvalue weighted by molar-refractivity contribution is 6.09. The molecule has 0 aromatic heterocycles. The predicted molar refractivity (Wildman–Crippen MR) is 105 cm³/mol. The molecule has 3 aromatic rings. The minimum absolute atomic E-state index is 0.0780. The van der Waals surface area contributed by atoms with E-state index in [0.717, 1.165) is 36.1 Å². The Balaban J connectivity index is 1.75. The molecule has 0 bridgehead atoms. The maximum atomic E-state index is 12.6. The van der Waals surface area contributed by atoms with E-state index in [4.69, 9.17) is 0 Å². The van der Waals surface area contributed by atoms with Crippen molar-refractivity contribution < 1.29 is 4.79 Å². The minimum Gasteiger partial charge on any atom is -0.321 e. The summed E-state index contributed by atoms with van der Waals surface area (Å²) < 4.78 is 0. The molecule has 0 radical (unpaired) electrons. The summed E-state index contributed by atoms with van der Waals surface area (Å²) in [6, 6.07) is 21.9. The molecule has 3 rings (SSSR count). The van der Waals surface area contributed by atoms with Crippen LogP contribution in [-0.4, -0.2) is 23.9 Å². The molecule has 3 nitrogen and oxygen atoms in total. The average molecular weight is 332 g/mol. The molecular formula is C22H24N2O. The van der Waals surface area contributed by atoms with E-state index in [1.165, 1.54) is 5.56 Å². The largest absolute Gasteiger partial charge is 0.321 e. The van der Waals surface area contributed by atoms with Gasteiger partial charge in [-0.25, -0.2) is 0 Å². The molecule has 0 saturated carbocycles. The van der Waals surface area contributed by atoms with Crippen LogP contribution in [0.15, 0.2) is 66.7 Å². The molecule has 128 valence electrons. The fourth-order valence-electron chi connectivity index (χ4n) is 3.00. The lowest BCUT2D eigenvalue weighted by molar-refractivity contribution is 0.102. The lowest BCUT2D eigenvalue weighted by Crippen LogP contribution is -2.22. The van der Waals surface area contributed by atoms with Crippen molar-refractivity contribution in [2.45, 2.75) is 20.4 Å². The van der Waals surface area contributed by atoms with E-state index in [1.54, 1.807) is 0 Å². The first-order chi connectivity index (χ1) is 12.2. The van der Waals surface area contributed by atoms with Gasteiger partial charge in [0.25, 0.3) is 5.91 Å². The van der Waals surface area contributed by atoms with Crippen molar-refractivity contribution in [1.82, 2.24) is 4.90 Å². The maximum absolute atomic E-state index is 12.6. The number of benzene rings is 3. The predicted octanol–water partition coefficient (Wildman–Crippen LogP) is 4.93. The fraction of sp³-hybridized carbons (Fsp3) is 0.227. The van der Waals surface area contributed by atoms with Crippen molar-refractivity contribution in [3.63, 3.8) is 0 Å². The third-order valence-electron chi connectivity index (χ3n) is 4.55. The molecule has 0 aliphatic carbocycles. The summed E-state index contributed by atoms with van der Waals surface area (Å²) in [6.07, 6.45) is 0. The number of anilines is 1. The summed E-state index contributed by atoms with van der Waals surface area (Å²) in [5.74, 6) is -0.0780. The van der Waals surface area contributed by atoms with Gasteiger partial charge < -0.3 is 5.32 Å². The van der Waals surface area contributed by atoms with Crippen molar-refractivity contribution in [3.8, 4) is 0 Å². The van der Waals surface area contributed by atoms with E-state index in [9.17, 15) is 4.79 Å². The fourth-order valence-corrected chi connectivity index (χ4v) is 3.00. The average Bonchev–Trinajstić information content (AvgIpc) is 2.67. The van der Waals surface area contributed by atoms with Gasteiger partial charge in [-0.1, -0.05) is 62.4 Å². The zero-order valence-corrected chi connectivity index (χ0v) is 14.8. The normalized spacial score (nSPS) is 11.0. The summed E-state index contributed by atoms with van der Waals surface area (Å²) in [7, 11) is 0. The standard InChI is InChI=1S/C22H24N2O/c1-3-24(4-2)16-17-12-14-19(15-13-17)22(25)23-21-11-7-9-18-8-5-6-10-20(18)21/h5-15H,3-4,16H2,1-2H3,(H,23,25). The number of rotatable bonds is 6. The maximum Gasteiger partial charge on any atom is 0.255 e. The van der Waals surface area contributed by atoms with Gasteiger partial charge >= 0.3 is 0 Å². The molecule has 0 aliphatic heterocycles. The van der Waals surface area contributed by atoms with Crippen LogP contribution in [0.25, 0.3) is 10.8 Å². The Kier molecular flexibility index (Phi) is 5.46. The van der Waals surface area contributed by atoms with Gasteiger partial charge in [-0.2, -0.15) is 0 Å². The molecule has 0 fully saturated rings. The van der Waals surface area contributed by atoms with Crippen molar-refractivity contribution in [2.24, 2.45) is 0 Å². The number of amides is 1. The Morgan fingerprint density at radius 1 is 0.880 bits per heavy atom. The number of nitrogens with one attached hydrogen (secondary N) is 1. The molecule has 0 unspecified atom stereocenters. The van der Waals surface area contributed by atoms with Crippen LogP contribution in [0.5, 0.6) is 0 Å². The Morgan fingerprint density at radius 2 is 1.56 bits per heavy atom. The van der Waals surface area contributed by atoms with Crippen molar-refractivity contribution >= 4 is 22.4 Å². The topological polar surface area (TPSA) is 32.3 Å². The zero-order chi connectivity index (χ0) is 17.6. The van der Waals surface area contributed by atoms with E-state index in [1.807, 2.05) is 66.7 Å². The number of fused-ring (bicyclic) bond motifs is 1. The minimum atomic E-state index is -0.0780. The van der Waals surface area contributed by atoms with E-state index in [-0.39, 0.29) is 5.91 Å². The Hall–Kier alpha value is -2.65. The number of hydrogen-bond acceptors (Lipinski definition) is 2. The second kappa shape index (κ2) is 7.95. The number of carbonyl (C=O) groups is 1. The first-order valence-corrected chi connectivity index (χ1v) is 8.81. The molecule has 1 amide bonds. The Labute approximate surface area is 149 Å². The van der Waals surface area contributed by atoms with Crippen LogP contribution in [0, 0.1) is 0 Å². The van der Waals surface area contributed by atoms with Crippen LogP contribution >= 0.6 is 0 Å². The van der Waals surface area contributed by atoms with Gasteiger partial charge in [0, 0.05) is 23.2 Å². The zero-order valence-electron chi connectivity index (χ0n) is 14.8. The van der Waals surface area contributed by atoms with Crippen LogP contribution in [0.3, 0.4) is 0 Å². The first-order valence-electron chi connectivity index (χ1n) is 8.81. The number of nitrogens with zero attached hydrogens (tertiary/aromatic N) is 1. The number of carbonyl (C=O) groups excluding carboxylic acids is 1. The van der Waals surface area contributed by atoms with Crippen molar-refractivity contribution in [2.75, 3.05) is 18.4 Å². The van der Waals surface area contributed by atoms with Crippen LogP contribution in [0.1, 0.15) is 29.8 Å². The number of hydrogen-bond donors (Lipinski definition) is 1. The smallest absolute Gasteiger partial charge is 0.255 e. The molecule has 3 aromatic carbocycles. The Morgan fingerprint density at radius 3 is 2.28 bits per heavy atom. The molecule has 0 spiro atoms. The molecule has 0 saturated heterocycles. The molecule has 3 heteroatoms. The molecule has 25 heavy (non-hydrogen) atoms. The third-order valence-corrected chi connectivity index (χ3v) is 4.55. The molecule has 0 atom stereocenters. The summed E-state index contributed by atoms with van der Waals surface area (Å²) in [4.78, 5) is 14.9. The first kappa shape index (κ1) is 17.2. The lowest BCUT2D eigenvalue weighted by Gasteiger charge is -2.18. The lowest BCUT2D eigenvalue weighted by atomic mass is 10.1. The van der Waals surface area contributed by atoms with Crippen LogP contribution in [0.4, 0.5) is 5.69 Å². The van der Waals surface area contributed by atoms with Gasteiger partial charge in [0.2, 0.25) is 0 Å². The van der Waals surface area contributed by atoms with Crippen LogP contribution < -0.4 is 5.32 Å². The summed E-state index contributed by atoms with van der Waals surface area (Å²) >= 11 is 0. The van der Waals surface area contributed by atoms with E-state index < -0.39 is 0 Å². The second-order valence-corrected chi connectivity index (χ2v) is 6.14. The van der Waals surface area contributed by atoms with Crippen LogP contribution in [0.2, 0.25) is 0 Å². The van der Waals surface area contributed by atoms with Crippen molar-refractivity contribution in [3.05, 3.63) is 77.9 Å². The van der Waals surface area contributed by atoms with Crippen LogP contribution in [-0.2, 0) is 6.54 Å². The highest BCUT2D eigenvalue weighted by atomic mass is 16.1. The Bertz CT molecular complexity index is 846. The van der Waals surface area contributed by atoms with Gasteiger partial charge in [-0.05, 0) is 42.2 Å². The molecule has 0 heterocycles. The molecule has 1 N–H and O–H groups in total.